The number of nitrogens with one attached hydrogen (secondary N) is 1. The molecule has 2 aromatic heterocycles. The van der Waals surface area contributed by atoms with Gasteiger partial charge >= 0.3 is 6.18 Å². The van der Waals surface area contributed by atoms with Crippen molar-refractivity contribution >= 4 is 40.0 Å². The minimum atomic E-state index is -4.48. The molecule has 2 heterocycles. The predicted octanol–water partition coefficient (Wildman–Crippen LogP) is 6.48. The predicted molar refractivity (Wildman–Crippen MR) is 153 cm³/mol. The zero-order valence-electron chi connectivity index (χ0n) is 23.3. The van der Waals surface area contributed by atoms with Gasteiger partial charge < -0.3 is 15.2 Å². The largest absolute Gasteiger partial charge is 0.468 e. The molecule has 0 amide bonds. The number of nitrogens with two attached hydrogens (primary N) is 1. The number of ether oxygens (including phenoxy) is 1. The normalized spacial score (nSPS) is 11.0. The Balaban J connectivity index is 0.000000789. The van der Waals surface area contributed by atoms with Crippen molar-refractivity contribution in [3.05, 3.63) is 60.4 Å². The Morgan fingerprint density at radius 3 is 2.23 bits per heavy atom. The van der Waals surface area contributed by atoms with Crippen LogP contribution in [-0.2, 0) is 33.2 Å². The fraction of sp³-hybridized carbons (Fsp3) is 0.333. The Labute approximate surface area is 234 Å². The van der Waals surface area contributed by atoms with Gasteiger partial charge in [0.15, 0.2) is 5.65 Å². The van der Waals surface area contributed by atoms with E-state index in [0.29, 0.717) is 47.1 Å². The number of benzene rings is 2. The van der Waals surface area contributed by atoms with Crippen LogP contribution in [0.4, 0.5) is 24.7 Å². The van der Waals surface area contributed by atoms with Gasteiger partial charge in [0.05, 0.1) is 22.5 Å². The maximum atomic E-state index is 12.9. The van der Waals surface area contributed by atoms with Gasteiger partial charge in [0.1, 0.15) is 28.8 Å². The van der Waals surface area contributed by atoms with Crippen molar-refractivity contribution in [1.82, 2.24) is 19.7 Å². The number of hydrogen-bond acceptors (Lipinski definition) is 7. The first kappa shape index (κ1) is 34.0. The number of alkyl halides is 3. The van der Waals surface area contributed by atoms with Gasteiger partial charge in [-0.1, -0.05) is 45.9 Å². The summed E-state index contributed by atoms with van der Waals surface area (Å²) in [6.45, 7) is 13.2. The van der Waals surface area contributed by atoms with Crippen LogP contribution in [0.3, 0.4) is 0 Å². The molecule has 0 aliphatic carbocycles. The zero-order chi connectivity index (χ0) is 30.3. The lowest BCUT2D eigenvalue weighted by Gasteiger charge is -2.10. The molecule has 0 aliphatic rings. The van der Waals surface area contributed by atoms with Crippen LogP contribution in [0.25, 0.3) is 22.3 Å². The Hall–Kier alpha value is -4.00. The molecular weight excluding hydrogens is 545 g/mol. The molecule has 2 aromatic carbocycles. The minimum Gasteiger partial charge on any atom is -0.468 e. The third-order valence-electron chi connectivity index (χ3n) is 4.84. The van der Waals surface area contributed by atoms with Gasteiger partial charge in [-0.05, 0) is 44.2 Å². The van der Waals surface area contributed by atoms with Crippen LogP contribution in [-0.4, -0.2) is 37.0 Å². The second-order valence-electron chi connectivity index (χ2n) is 7.15. The number of fused-ring (bicyclic) bond motifs is 1. The second-order valence-corrected chi connectivity index (χ2v) is 8.36. The summed E-state index contributed by atoms with van der Waals surface area (Å²) in [4.78, 5) is 17.9. The van der Waals surface area contributed by atoms with E-state index in [9.17, 15) is 22.2 Å². The van der Waals surface area contributed by atoms with Gasteiger partial charge in [0.25, 0.3) is 6.47 Å². The van der Waals surface area contributed by atoms with Crippen molar-refractivity contribution in [2.75, 3.05) is 17.1 Å². The number of carbonyl (C=O) groups is 1. The summed E-state index contributed by atoms with van der Waals surface area (Å²) in [6, 6.07) is 11.2. The van der Waals surface area contributed by atoms with Crippen LogP contribution in [0.2, 0.25) is 0 Å². The van der Waals surface area contributed by atoms with E-state index in [-0.39, 0.29) is 5.69 Å². The van der Waals surface area contributed by atoms with Crippen molar-refractivity contribution in [2.45, 2.75) is 59.2 Å². The Kier molecular flexibility index (Phi) is 14.3. The van der Waals surface area contributed by atoms with E-state index in [0.717, 1.165) is 17.7 Å². The number of rotatable bonds is 7. The highest BCUT2D eigenvalue weighted by Crippen LogP contribution is 2.32. The molecule has 4 aromatic rings. The lowest BCUT2D eigenvalue weighted by atomic mass is 10.1. The summed E-state index contributed by atoms with van der Waals surface area (Å²) in [5, 5.41) is 5.18. The topological polar surface area (TPSA) is 125 Å². The van der Waals surface area contributed by atoms with Crippen molar-refractivity contribution < 1.29 is 26.9 Å². The highest BCUT2D eigenvalue weighted by molar-refractivity contribution is 7.86. The summed E-state index contributed by atoms with van der Waals surface area (Å²) in [5.41, 5.74) is 7.25. The molecule has 0 saturated carbocycles. The first-order chi connectivity index (χ1) is 19.2. The summed E-state index contributed by atoms with van der Waals surface area (Å²) >= 11 is 0. The fourth-order valence-electron chi connectivity index (χ4n) is 3.18. The summed E-state index contributed by atoms with van der Waals surface area (Å²) < 4.78 is 59.7. The van der Waals surface area contributed by atoms with E-state index < -0.39 is 22.7 Å². The van der Waals surface area contributed by atoms with Crippen LogP contribution < -0.4 is 10.5 Å². The van der Waals surface area contributed by atoms with Crippen molar-refractivity contribution in [3.8, 4) is 11.3 Å². The Morgan fingerprint density at radius 1 is 1.05 bits per heavy atom. The molecule has 4 rings (SSSR count). The molecule has 0 radical (unpaired) electrons. The maximum absolute atomic E-state index is 12.9. The quantitative estimate of drug-likeness (QED) is 0.240. The number of nitrogen functional groups attached to an aromatic ring is 1. The standard InChI is InChI=1S/C20H17F3N6OS.C3H6O2.2C2H6/c1-2-29-19-16(18(24)25-11-26-19)17(27-29)12-6-8-15(9-7-12)31(30)28-14-5-3-4-13(10-14)20(21,22)23;1-2-5-3-4;2*1-2/h3-11,28H,2H2,1H3,(H2,24,25,26);3H,2H2,1H3;2*1-2H3. The van der Waals surface area contributed by atoms with Gasteiger partial charge in [0.2, 0.25) is 0 Å². The van der Waals surface area contributed by atoms with E-state index >= 15 is 0 Å². The molecule has 0 bridgehead atoms. The van der Waals surface area contributed by atoms with E-state index in [1.807, 2.05) is 34.6 Å². The van der Waals surface area contributed by atoms with Crippen LogP contribution in [0.1, 0.15) is 47.1 Å². The molecule has 40 heavy (non-hydrogen) atoms. The van der Waals surface area contributed by atoms with Crippen molar-refractivity contribution in [1.29, 1.82) is 0 Å². The number of aromatic nitrogens is 4. The van der Waals surface area contributed by atoms with Gasteiger partial charge in [-0.3, -0.25) is 4.79 Å². The molecule has 0 aliphatic heterocycles. The minimum absolute atomic E-state index is 0.106. The lowest BCUT2D eigenvalue weighted by Crippen LogP contribution is -2.08. The number of halogens is 3. The third-order valence-corrected chi connectivity index (χ3v) is 5.96. The van der Waals surface area contributed by atoms with E-state index in [4.69, 9.17) is 5.73 Å². The van der Waals surface area contributed by atoms with Crippen LogP contribution in [0.15, 0.2) is 59.8 Å². The summed E-state index contributed by atoms with van der Waals surface area (Å²) in [5.74, 6) is 0.304. The molecule has 0 spiro atoms. The van der Waals surface area contributed by atoms with E-state index in [1.165, 1.54) is 18.5 Å². The lowest BCUT2D eigenvalue weighted by molar-refractivity contribution is -0.137. The molecule has 13 heteroatoms. The average Bonchev–Trinajstić information content (AvgIpc) is 3.36. The molecule has 0 saturated heterocycles. The highest BCUT2D eigenvalue weighted by Gasteiger charge is 2.30. The zero-order valence-corrected chi connectivity index (χ0v) is 24.1. The summed E-state index contributed by atoms with van der Waals surface area (Å²) in [7, 11) is -1.75. The number of hydrogen-bond donors (Lipinski definition) is 2. The number of anilines is 2. The fourth-order valence-corrected chi connectivity index (χ4v) is 4.02. The SMILES string of the molecule is CC.CC.CCOC=O.CCn1nc(-c2ccc(S(=O)Nc3cccc(C(F)(F)F)c3)cc2)c2c(N)ncnc21. The third kappa shape index (κ3) is 9.04. The summed E-state index contributed by atoms with van der Waals surface area (Å²) in [6.07, 6.45) is -3.10. The molecule has 1 unspecified atom stereocenters. The van der Waals surface area contributed by atoms with Crippen LogP contribution >= 0.6 is 0 Å². The Morgan fingerprint density at radius 2 is 1.70 bits per heavy atom. The monoisotopic (exact) mass is 580 g/mol. The number of nitrogens with zero attached hydrogens (tertiary/aromatic N) is 4. The Bertz CT molecular complexity index is 1360. The van der Waals surface area contributed by atoms with Gasteiger partial charge in [0, 0.05) is 17.8 Å². The first-order valence-electron chi connectivity index (χ1n) is 12.7. The van der Waals surface area contributed by atoms with Gasteiger partial charge in [-0.25, -0.2) is 18.9 Å². The molecule has 3 N–H and O–H groups in total. The number of aryl methyl sites for hydroxylation is 1. The molecule has 9 nitrogen and oxygen atoms in total. The van der Waals surface area contributed by atoms with Crippen LogP contribution in [0, 0.1) is 0 Å². The molecular formula is C27H35F3N6O3S. The molecule has 1 atom stereocenters. The van der Waals surface area contributed by atoms with E-state index in [1.54, 1.807) is 35.9 Å². The van der Waals surface area contributed by atoms with E-state index in [2.05, 4.69) is 24.5 Å². The molecule has 218 valence electrons. The number of carbonyl (C=O) groups excluding carboxylic acids is 1. The van der Waals surface area contributed by atoms with Crippen molar-refractivity contribution in [2.24, 2.45) is 0 Å². The first-order valence-corrected chi connectivity index (χ1v) is 13.8. The highest BCUT2D eigenvalue weighted by atomic mass is 32.2. The van der Waals surface area contributed by atoms with Gasteiger partial charge in [-0.15, -0.1) is 0 Å². The second kappa shape index (κ2) is 16.9. The van der Waals surface area contributed by atoms with Crippen molar-refractivity contribution in [3.63, 3.8) is 0 Å². The maximum Gasteiger partial charge on any atom is 0.416 e. The smallest absolute Gasteiger partial charge is 0.416 e. The van der Waals surface area contributed by atoms with Gasteiger partial charge in [-0.2, -0.15) is 18.3 Å². The van der Waals surface area contributed by atoms with Crippen LogP contribution in [0.5, 0.6) is 0 Å². The molecule has 0 fully saturated rings. The average molecular weight is 581 g/mol.